The van der Waals surface area contributed by atoms with Crippen molar-refractivity contribution in [3.8, 4) is 0 Å². The molecule has 2 rings (SSSR count). The van der Waals surface area contributed by atoms with E-state index in [1.54, 1.807) is 0 Å². The third-order valence-electron chi connectivity index (χ3n) is 5.25. The van der Waals surface area contributed by atoms with Gasteiger partial charge in [-0.25, -0.2) is 0 Å². The van der Waals surface area contributed by atoms with Crippen LogP contribution in [0.1, 0.15) is 51.9 Å². The molecule has 1 aliphatic carbocycles. The number of piperidine rings is 1. The lowest BCUT2D eigenvalue weighted by molar-refractivity contribution is -0.186. The van der Waals surface area contributed by atoms with Crippen molar-refractivity contribution in [3.63, 3.8) is 0 Å². The van der Waals surface area contributed by atoms with Crippen molar-refractivity contribution in [1.29, 1.82) is 0 Å². The van der Waals surface area contributed by atoms with Crippen molar-refractivity contribution >= 4 is 11.8 Å². The van der Waals surface area contributed by atoms with Crippen molar-refractivity contribution in [3.05, 3.63) is 0 Å². The molecule has 2 unspecified atom stereocenters. The second-order valence-electron chi connectivity index (χ2n) is 7.38. The molecule has 2 fully saturated rings. The molecule has 0 aromatic heterocycles. The Labute approximate surface area is 141 Å². The minimum absolute atomic E-state index is 0.0443. The quantitative estimate of drug-likeness (QED) is 0.849. The largest absolute Gasteiger partial charge is 0.471 e. The van der Waals surface area contributed by atoms with Gasteiger partial charge in [0, 0.05) is 26.1 Å². The summed E-state index contributed by atoms with van der Waals surface area (Å²) in [5.41, 5.74) is 0. The van der Waals surface area contributed by atoms with Crippen molar-refractivity contribution in [1.82, 2.24) is 10.2 Å². The number of nitrogens with zero attached hydrogens (tertiary/aromatic N) is 1. The minimum Gasteiger partial charge on any atom is -0.356 e. The van der Waals surface area contributed by atoms with E-state index in [4.69, 9.17) is 0 Å². The summed E-state index contributed by atoms with van der Waals surface area (Å²) in [5.74, 6) is -0.414. The smallest absolute Gasteiger partial charge is 0.356 e. The second-order valence-corrected chi connectivity index (χ2v) is 7.38. The lowest BCUT2D eigenvalue weighted by atomic mass is 9.81. The highest BCUT2D eigenvalue weighted by Gasteiger charge is 2.43. The summed E-state index contributed by atoms with van der Waals surface area (Å²) in [6.45, 7) is 2.94. The molecular weight excluding hydrogens is 321 g/mol. The van der Waals surface area contributed by atoms with Crippen LogP contribution in [0.5, 0.6) is 0 Å². The molecule has 0 spiro atoms. The molecule has 1 N–H and O–H groups in total. The Balaban J connectivity index is 1.65. The molecule has 2 atom stereocenters. The SMILES string of the molecule is CC1CCCC(CC(=O)NCC2CCN(C(=O)C(F)(F)F)CC2)C1. The minimum atomic E-state index is -4.79. The van der Waals surface area contributed by atoms with Crippen LogP contribution < -0.4 is 5.32 Å². The average molecular weight is 348 g/mol. The van der Waals surface area contributed by atoms with Crippen LogP contribution in [0.25, 0.3) is 0 Å². The molecule has 1 saturated carbocycles. The number of amides is 2. The fourth-order valence-corrected chi connectivity index (χ4v) is 3.86. The summed E-state index contributed by atoms with van der Waals surface area (Å²) in [6, 6.07) is 0. The summed E-state index contributed by atoms with van der Waals surface area (Å²) >= 11 is 0. The monoisotopic (exact) mass is 348 g/mol. The van der Waals surface area contributed by atoms with Gasteiger partial charge >= 0.3 is 12.1 Å². The Morgan fingerprint density at radius 3 is 2.33 bits per heavy atom. The van der Waals surface area contributed by atoms with Gasteiger partial charge in [-0.3, -0.25) is 9.59 Å². The zero-order chi connectivity index (χ0) is 17.7. The van der Waals surface area contributed by atoms with E-state index in [1.165, 1.54) is 12.8 Å². The lowest BCUT2D eigenvalue weighted by Crippen LogP contribution is -2.46. The van der Waals surface area contributed by atoms with Crippen molar-refractivity contribution in [2.24, 2.45) is 17.8 Å². The molecule has 0 aromatic rings. The molecule has 1 aliphatic heterocycles. The highest BCUT2D eigenvalue weighted by Crippen LogP contribution is 2.30. The number of rotatable bonds is 4. The first-order chi connectivity index (χ1) is 11.3. The summed E-state index contributed by atoms with van der Waals surface area (Å²) in [5, 5.41) is 2.92. The van der Waals surface area contributed by atoms with Crippen LogP contribution in [-0.2, 0) is 9.59 Å². The first-order valence-corrected chi connectivity index (χ1v) is 8.88. The normalized spacial score (nSPS) is 26.2. The number of halogens is 3. The van der Waals surface area contributed by atoms with Gasteiger partial charge in [-0.2, -0.15) is 13.2 Å². The third-order valence-corrected chi connectivity index (χ3v) is 5.25. The fraction of sp³-hybridized carbons (Fsp3) is 0.882. The molecule has 0 bridgehead atoms. The number of hydrogen-bond donors (Lipinski definition) is 1. The molecule has 1 heterocycles. The molecule has 7 heteroatoms. The van der Waals surface area contributed by atoms with Gasteiger partial charge in [-0.05, 0) is 43.4 Å². The number of nitrogens with one attached hydrogen (secondary N) is 1. The zero-order valence-electron chi connectivity index (χ0n) is 14.2. The standard InChI is InChI=1S/C17H27F3N2O2/c1-12-3-2-4-14(9-12)10-15(23)21-11-13-5-7-22(8-6-13)16(24)17(18,19)20/h12-14H,2-11H2,1H3,(H,21,23). The first-order valence-electron chi connectivity index (χ1n) is 8.88. The molecule has 1 saturated heterocycles. The highest BCUT2D eigenvalue weighted by atomic mass is 19.4. The van der Waals surface area contributed by atoms with Gasteiger partial charge in [0.1, 0.15) is 0 Å². The van der Waals surface area contributed by atoms with E-state index < -0.39 is 12.1 Å². The Kier molecular flexibility index (Phi) is 6.52. The maximum atomic E-state index is 12.4. The van der Waals surface area contributed by atoms with Crippen molar-refractivity contribution in [2.45, 2.75) is 58.0 Å². The maximum absolute atomic E-state index is 12.4. The Morgan fingerprint density at radius 2 is 1.75 bits per heavy atom. The molecule has 4 nitrogen and oxygen atoms in total. The van der Waals surface area contributed by atoms with Crippen LogP contribution in [0.15, 0.2) is 0 Å². The highest BCUT2D eigenvalue weighted by molar-refractivity contribution is 5.81. The molecule has 0 radical (unpaired) electrons. The number of likely N-dealkylation sites (tertiary alicyclic amines) is 1. The van der Waals surface area contributed by atoms with Crippen LogP contribution in [-0.4, -0.2) is 42.5 Å². The Hall–Kier alpha value is -1.27. The van der Waals surface area contributed by atoms with E-state index in [2.05, 4.69) is 12.2 Å². The first kappa shape index (κ1) is 19.1. The van der Waals surface area contributed by atoms with E-state index in [1.807, 2.05) is 0 Å². The van der Waals surface area contributed by atoms with Crippen LogP contribution in [0.4, 0.5) is 13.2 Å². The van der Waals surface area contributed by atoms with Gasteiger partial charge in [0.15, 0.2) is 0 Å². The van der Waals surface area contributed by atoms with Crippen molar-refractivity contribution < 1.29 is 22.8 Å². The Morgan fingerprint density at radius 1 is 1.08 bits per heavy atom. The average Bonchev–Trinajstić information content (AvgIpc) is 2.52. The molecule has 2 amide bonds. The molecular formula is C17H27F3N2O2. The molecule has 24 heavy (non-hydrogen) atoms. The third kappa shape index (κ3) is 5.67. The van der Waals surface area contributed by atoms with E-state index in [-0.39, 0.29) is 24.9 Å². The van der Waals surface area contributed by atoms with Gasteiger partial charge in [-0.15, -0.1) is 0 Å². The van der Waals surface area contributed by atoms with Crippen LogP contribution in [0, 0.1) is 17.8 Å². The van der Waals surface area contributed by atoms with Crippen molar-refractivity contribution in [2.75, 3.05) is 19.6 Å². The topological polar surface area (TPSA) is 49.4 Å². The number of carbonyl (C=O) groups excluding carboxylic acids is 2. The fourth-order valence-electron chi connectivity index (χ4n) is 3.86. The van der Waals surface area contributed by atoms with Crippen LogP contribution >= 0.6 is 0 Å². The predicted molar refractivity (Wildman–Crippen MR) is 84.1 cm³/mol. The predicted octanol–water partition coefficient (Wildman–Crippen LogP) is 3.12. The van der Waals surface area contributed by atoms with E-state index in [0.717, 1.165) is 17.7 Å². The molecule has 0 aromatic carbocycles. The lowest BCUT2D eigenvalue weighted by Gasteiger charge is -2.32. The number of hydrogen-bond acceptors (Lipinski definition) is 2. The number of carbonyl (C=O) groups is 2. The van der Waals surface area contributed by atoms with Gasteiger partial charge < -0.3 is 10.2 Å². The maximum Gasteiger partial charge on any atom is 0.471 e. The summed E-state index contributed by atoms with van der Waals surface area (Å²) in [4.78, 5) is 24.1. The molecule has 2 aliphatic rings. The Bertz CT molecular complexity index is 446. The summed E-state index contributed by atoms with van der Waals surface area (Å²) in [6.07, 6.45) is 1.40. The number of alkyl halides is 3. The summed E-state index contributed by atoms with van der Waals surface area (Å²) < 4.78 is 37.2. The van der Waals surface area contributed by atoms with E-state index in [0.29, 0.717) is 37.6 Å². The molecule has 138 valence electrons. The second kappa shape index (κ2) is 8.21. The van der Waals surface area contributed by atoms with E-state index in [9.17, 15) is 22.8 Å². The van der Waals surface area contributed by atoms with Gasteiger partial charge in [0.25, 0.3) is 0 Å². The van der Waals surface area contributed by atoms with Crippen LogP contribution in [0.2, 0.25) is 0 Å². The van der Waals surface area contributed by atoms with Crippen LogP contribution in [0.3, 0.4) is 0 Å². The van der Waals surface area contributed by atoms with Gasteiger partial charge in [-0.1, -0.05) is 19.8 Å². The van der Waals surface area contributed by atoms with Gasteiger partial charge in [0.05, 0.1) is 0 Å². The van der Waals surface area contributed by atoms with E-state index >= 15 is 0 Å². The summed E-state index contributed by atoms with van der Waals surface area (Å²) in [7, 11) is 0. The zero-order valence-corrected chi connectivity index (χ0v) is 14.2. The van der Waals surface area contributed by atoms with Gasteiger partial charge in [0.2, 0.25) is 5.91 Å².